The molecule has 3 rings (SSSR count). The van der Waals surface area contributed by atoms with Gasteiger partial charge >= 0.3 is 0 Å². The molecule has 0 radical (unpaired) electrons. The molecule has 2 saturated heterocycles. The fourth-order valence-corrected chi connectivity index (χ4v) is 3.58. The van der Waals surface area contributed by atoms with Gasteiger partial charge in [0.15, 0.2) is 0 Å². The molecule has 1 atom stereocenters. The van der Waals surface area contributed by atoms with E-state index in [2.05, 4.69) is 5.32 Å². The molecule has 0 aromatic heterocycles. The van der Waals surface area contributed by atoms with Crippen molar-refractivity contribution in [2.75, 3.05) is 57.9 Å². The number of benzene rings is 1. The molecule has 23 heavy (non-hydrogen) atoms. The van der Waals surface area contributed by atoms with Gasteiger partial charge in [-0.25, -0.2) is 4.39 Å². The molecule has 0 spiro atoms. The summed E-state index contributed by atoms with van der Waals surface area (Å²) in [5, 5.41) is 3.27. The number of piperazine rings is 1. The third-order valence-electron chi connectivity index (χ3n) is 4.88. The van der Waals surface area contributed by atoms with Crippen LogP contribution in [0.5, 0.6) is 0 Å². The summed E-state index contributed by atoms with van der Waals surface area (Å²) in [4.78, 5) is 16.9. The Hall–Kier alpha value is -1.66. The minimum Gasteiger partial charge on any atom is -0.384 e. The van der Waals surface area contributed by atoms with E-state index >= 15 is 0 Å². The molecule has 2 aliphatic rings. The quantitative estimate of drug-likeness (QED) is 0.902. The summed E-state index contributed by atoms with van der Waals surface area (Å²) in [7, 11) is 1.64. The van der Waals surface area contributed by atoms with Crippen LogP contribution in [0.2, 0.25) is 0 Å². The number of hydrogen-bond acceptors (Lipinski definition) is 4. The molecular formula is C17H24FN3O2. The van der Waals surface area contributed by atoms with Crippen LogP contribution in [0.25, 0.3) is 0 Å². The predicted molar refractivity (Wildman–Crippen MR) is 87.0 cm³/mol. The smallest absolute Gasteiger partial charge is 0.232 e. The fourth-order valence-electron chi connectivity index (χ4n) is 3.58. The average molecular weight is 321 g/mol. The number of carbonyl (C=O) groups excluding carboxylic acids is 1. The number of carbonyl (C=O) groups is 1. The van der Waals surface area contributed by atoms with Crippen molar-refractivity contribution in [2.45, 2.75) is 6.42 Å². The van der Waals surface area contributed by atoms with Crippen LogP contribution in [0.4, 0.5) is 10.1 Å². The lowest BCUT2D eigenvalue weighted by Crippen LogP contribution is -2.55. The van der Waals surface area contributed by atoms with Gasteiger partial charge in [-0.05, 0) is 25.1 Å². The van der Waals surface area contributed by atoms with Gasteiger partial charge < -0.3 is 19.9 Å². The highest BCUT2D eigenvalue weighted by molar-refractivity contribution is 5.84. The molecule has 2 heterocycles. The van der Waals surface area contributed by atoms with Gasteiger partial charge in [-0.1, -0.05) is 12.1 Å². The van der Waals surface area contributed by atoms with Crippen molar-refractivity contribution in [1.82, 2.24) is 10.2 Å². The standard InChI is InChI=1S/C17H24FN3O2/c1-23-13-17(6-7-19-12-17)16(22)21-10-8-20(9-11-21)15-5-3-2-4-14(15)18/h2-5,19H,6-13H2,1H3. The summed E-state index contributed by atoms with van der Waals surface area (Å²) in [6, 6.07) is 6.80. The lowest BCUT2D eigenvalue weighted by molar-refractivity contribution is -0.144. The maximum absolute atomic E-state index is 13.9. The van der Waals surface area contributed by atoms with Gasteiger partial charge in [-0.3, -0.25) is 4.79 Å². The van der Waals surface area contributed by atoms with Gasteiger partial charge in [-0.2, -0.15) is 0 Å². The van der Waals surface area contributed by atoms with Crippen LogP contribution in [-0.4, -0.2) is 63.8 Å². The van der Waals surface area contributed by atoms with Crippen molar-refractivity contribution in [3.05, 3.63) is 30.1 Å². The van der Waals surface area contributed by atoms with Crippen LogP contribution in [0.1, 0.15) is 6.42 Å². The van der Waals surface area contributed by atoms with Crippen LogP contribution in [0.3, 0.4) is 0 Å². The minimum atomic E-state index is -0.436. The van der Waals surface area contributed by atoms with Crippen molar-refractivity contribution in [1.29, 1.82) is 0 Å². The number of halogens is 1. The number of ether oxygens (including phenoxy) is 1. The highest BCUT2D eigenvalue weighted by Gasteiger charge is 2.44. The Labute approximate surface area is 136 Å². The lowest BCUT2D eigenvalue weighted by Gasteiger charge is -2.40. The van der Waals surface area contributed by atoms with Gasteiger partial charge in [0, 0.05) is 39.8 Å². The van der Waals surface area contributed by atoms with E-state index in [0.717, 1.165) is 13.0 Å². The summed E-state index contributed by atoms with van der Waals surface area (Å²) >= 11 is 0. The molecule has 0 saturated carbocycles. The Kier molecular flexibility index (Phi) is 4.82. The zero-order valence-corrected chi connectivity index (χ0v) is 13.6. The van der Waals surface area contributed by atoms with Gasteiger partial charge in [0.1, 0.15) is 5.82 Å². The molecule has 5 nitrogen and oxygen atoms in total. The maximum atomic E-state index is 13.9. The van der Waals surface area contributed by atoms with Crippen molar-refractivity contribution in [3.63, 3.8) is 0 Å². The maximum Gasteiger partial charge on any atom is 0.232 e. The molecule has 1 aromatic carbocycles. The van der Waals surface area contributed by atoms with Crippen LogP contribution >= 0.6 is 0 Å². The monoisotopic (exact) mass is 321 g/mol. The largest absolute Gasteiger partial charge is 0.384 e. The molecule has 1 N–H and O–H groups in total. The van der Waals surface area contributed by atoms with Crippen LogP contribution in [0, 0.1) is 11.2 Å². The molecule has 126 valence electrons. The second-order valence-corrected chi connectivity index (χ2v) is 6.37. The first kappa shape index (κ1) is 16.2. The van der Waals surface area contributed by atoms with E-state index in [9.17, 15) is 9.18 Å². The number of hydrogen-bond donors (Lipinski definition) is 1. The highest BCUT2D eigenvalue weighted by atomic mass is 19.1. The van der Waals surface area contributed by atoms with E-state index in [0.29, 0.717) is 45.0 Å². The lowest BCUT2D eigenvalue weighted by atomic mass is 9.86. The molecule has 0 aliphatic carbocycles. The number of para-hydroxylation sites is 1. The number of nitrogens with zero attached hydrogens (tertiary/aromatic N) is 2. The topological polar surface area (TPSA) is 44.8 Å². The Balaban J connectivity index is 1.64. The molecular weight excluding hydrogens is 297 g/mol. The fraction of sp³-hybridized carbons (Fsp3) is 0.588. The van der Waals surface area contributed by atoms with E-state index in [4.69, 9.17) is 4.74 Å². The molecule has 1 aromatic rings. The number of nitrogens with one attached hydrogen (secondary N) is 1. The van der Waals surface area contributed by atoms with Crippen molar-refractivity contribution in [2.24, 2.45) is 5.41 Å². The third kappa shape index (κ3) is 3.19. The first-order valence-corrected chi connectivity index (χ1v) is 8.15. The summed E-state index contributed by atoms with van der Waals surface area (Å²) in [5.74, 6) is -0.0411. The Morgan fingerprint density at radius 1 is 1.30 bits per heavy atom. The summed E-state index contributed by atoms with van der Waals surface area (Å²) in [6.45, 7) is 4.54. The zero-order chi connectivity index (χ0) is 16.3. The number of rotatable bonds is 4. The summed E-state index contributed by atoms with van der Waals surface area (Å²) in [5.41, 5.74) is 0.184. The minimum absolute atomic E-state index is 0.164. The van der Waals surface area contributed by atoms with E-state index in [-0.39, 0.29) is 11.7 Å². The van der Waals surface area contributed by atoms with E-state index in [1.54, 1.807) is 19.2 Å². The summed E-state index contributed by atoms with van der Waals surface area (Å²) < 4.78 is 19.2. The second-order valence-electron chi connectivity index (χ2n) is 6.37. The summed E-state index contributed by atoms with van der Waals surface area (Å²) in [6.07, 6.45) is 0.813. The van der Waals surface area contributed by atoms with Gasteiger partial charge in [0.25, 0.3) is 0 Å². The molecule has 1 unspecified atom stereocenters. The van der Waals surface area contributed by atoms with E-state index < -0.39 is 5.41 Å². The van der Waals surface area contributed by atoms with E-state index in [1.165, 1.54) is 6.07 Å². The Morgan fingerprint density at radius 3 is 2.65 bits per heavy atom. The Bertz CT molecular complexity index is 553. The van der Waals surface area contributed by atoms with Crippen LogP contribution < -0.4 is 10.2 Å². The molecule has 2 fully saturated rings. The molecule has 1 amide bonds. The predicted octanol–water partition coefficient (Wildman–Crippen LogP) is 1.10. The first-order chi connectivity index (χ1) is 11.2. The van der Waals surface area contributed by atoms with Crippen LogP contribution in [-0.2, 0) is 9.53 Å². The van der Waals surface area contributed by atoms with Crippen molar-refractivity contribution in [3.8, 4) is 0 Å². The van der Waals surface area contributed by atoms with Gasteiger partial charge in [-0.15, -0.1) is 0 Å². The number of methoxy groups -OCH3 is 1. The van der Waals surface area contributed by atoms with Crippen molar-refractivity contribution >= 4 is 11.6 Å². The molecule has 6 heteroatoms. The van der Waals surface area contributed by atoms with Crippen LogP contribution in [0.15, 0.2) is 24.3 Å². The molecule has 0 bridgehead atoms. The Morgan fingerprint density at radius 2 is 2.04 bits per heavy atom. The number of amides is 1. The average Bonchev–Trinajstić information content (AvgIpc) is 3.05. The second kappa shape index (κ2) is 6.84. The van der Waals surface area contributed by atoms with Gasteiger partial charge in [0.05, 0.1) is 17.7 Å². The zero-order valence-electron chi connectivity index (χ0n) is 13.6. The normalized spacial score (nSPS) is 25.0. The number of anilines is 1. The SMILES string of the molecule is COCC1(C(=O)N2CCN(c3ccccc3F)CC2)CCNC1. The van der Waals surface area contributed by atoms with Crippen molar-refractivity contribution < 1.29 is 13.9 Å². The molecule has 2 aliphatic heterocycles. The van der Waals surface area contributed by atoms with Gasteiger partial charge in [0.2, 0.25) is 5.91 Å². The highest BCUT2D eigenvalue weighted by Crippen LogP contribution is 2.29. The first-order valence-electron chi connectivity index (χ1n) is 8.15. The third-order valence-corrected chi connectivity index (χ3v) is 4.88. The van der Waals surface area contributed by atoms with E-state index in [1.807, 2.05) is 15.9 Å².